The van der Waals surface area contributed by atoms with E-state index >= 15 is 0 Å². The van der Waals surface area contributed by atoms with E-state index in [0.29, 0.717) is 17.0 Å². The number of aryl methyl sites for hydroxylation is 2. The standard InChI is InChI=1S/C29H39NO3/c1-18-4-9-21(10-5-18)11-12-22-13-17-24(28(31)30-23-14-6-19(2)7-15-23)26-20(3)8-16-25(27(22)26)29(32)33/h8,13,16-19,21,23H,4-7,9-12,14-15H2,1-3H3,(H,30,31)(H,32,33). The van der Waals surface area contributed by atoms with Crippen LogP contribution in [-0.4, -0.2) is 23.0 Å². The minimum atomic E-state index is -0.924. The summed E-state index contributed by atoms with van der Waals surface area (Å²) in [7, 11) is 0. The number of nitrogens with one attached hydrogen (secondary N) is 1. The van der Waals surface area contributed by atoms with Crippen molar-refractivity contribution < 1.29 is 14.7 Å². The first-order chi connectivity index (χ1) is 15.8. The molecule has 2 aromatic carbocycles. The molecule has 0 heterocycles. The quantitative estimate of drug-likeness (QED) is 0.503. The number of benzene rings is 2. The van der Waals surface area contributed by atoms with E-state index in [2.05, 4.69) is 19.2 Å². The van der Waals surface area contributed by atoms with Crippen molar-refractivity contribution in [2.24, 2.45) is 17.8 Å². The zero-order valence-corrected chi connectivity index (χ0v) is 20.5. The van der Waals surface area contributed by atoms with Gasteiger partial charge in [0, 0.05) is 17.0 Å². The van der Waals surface area contributed by atoms with Crippen LogP contribution < -0.4 is 5.32 Å². The van der Waals surface area contributed by atoms with Gasteiger partial charge in [-0.2, -0.15) is 0 Å². The van der Waals surface area contributed by atoms with E-state index in [9.17, 15) is 14.7 Å². The summed E-state index contributed by atoms with van der Waals surface area (Å²) in [5, 5.41) is 14.8. The Bertz CT molecular complexity index is 1010. The van der Waals surface area contributed by atoms with Gasteiger partial charge in [-0.25, -0.2) is 4.79 Å². The summed E-state index contributed by atoms with van der Waals surface area (Å²) in [4.78, 5) is 25.5. The molecule has 2 aliphatic rings. The van der Waals surface area contributed by atoms with Gasteiger partial charge in [-0.3, -0.25) is 4.79 Å². The number of hydrogen-bond acceptors (Lipinski definition) is 2. The van der Waals surface area contributed by atoms with Gasteiger partial charge >= 0.3 is 5.97 Å². The highest BCUT2D eigenvalue weighted by Crippen LogP contribution is 2.35. The van der Waals surface area contributed by atoms with Gasteiger partial charge in [0.25, 0.3) is 5.91 Å². The van der Waals surface area contributed by atoms with Crippen LogP contribution in [0.1, 0.15) is 103 Å². The average molecular weight is 450 g/mol. The average Bonchev–Trinajstić information content (AvgIpc) is 2.80. The summed E-state index contributed by atoms with van der Waals surface area (Å²) in [6, 6.07) is 7.70. The molecule has 0 bridgehead atoms. The third-order valence-electron chi connectivity index (χ3n) is 8.24. The maximum atomic E-state index is 13.3. The molecule has 4 heteroatoms. The van der Waals surface area contributed by atoms with Crippen molar-refractivity contribution >= 4 is 22.6 Å². The van der Waals surface area contributed by atoms with Gasteiger partial charge in [0.15, 0.2) is 0 Å². The Hall–Kier alpha value is -2.36. The van der Waals surface area contributed by atoms with Crippen LogP contribution in [0.2, 0.25) is 0 Å². The molecule has 0 spiro atoms. The van der Waals surface area contributed by atoms with Crippen LogP contribution in [0.15, 0.2) is 24.3 Å². The first-order valence-electron chi connectivity index (χ1n) is 12.9. The van der Waals surface area contributed by atoms with Crippen LogP contribution in [-0.2, 0) is 6.42 Å². The van der Waals surface area contributed by atoms with Crippen molar-refractivity contribution in [1.82, 2.24) is 5.32 Å². The lowest BCUT2D eigenvalue weighted by Crippen LogP contribution is -2.37. The summed E-state index contributed by atoms with van der Waals surface area (Å²) in [5.74, 6) is 1.27. The molecular weight excluding hydrogens is 410 g/mol. The predicted molar refractivity (Wildman–Crippen MR) is 134 cm³/mol. The van der Waals surface area contributed by atoms with Crippen molar-refractivity contribution in [3.63, 3.8) is 0 Å². The molecule has 2 aliphatic carbocycles. The number of carboxylic acid groups (broad SMARTS) is 1. The second kappa shape index (κ2) is 10.3. The molecule has 0 aliphatic heterocycles. The number of carbonyl (C=O) groups excluding carboxylic acids is 1. The van der Waals surface area contributed by atoms with Gasteiger partial charge in [0.1, 0.15) is 0 Å². The molecule has 0 saturated heterocycles. The van der Waals surface area contributed by atoms with Gasteiger partial charge in [-0.05, 0) is 91.8 Å². The Morgan fingerprint density at radius 3 is 2.09 bits per heavy atom. The number of fused-ring (bicyclic) bond motifs is 1. The van der Waals surface area contributed by atoms with Crippen LogP contribution >= 0.6 is 0 Å². The molecule has 178 valence electrons. The van der Waals surface area contributed by atoms with Crippen LogP contribution in [0.4, 0.5) is 0 Å². The van der Waals surface area contributed by atoms with Crippen LogP contribution in [0.25, 0.3) is 10.8 Å². The van der Waals surface area contributed by atoms with E-state index in [1.807, 2.05) is 25.1 Å². The van der Waals surface area contributed by atoms with Crippen molar-refractivity contribution in [3.8, 4) is 0 Å². The second-order valence-corrected chi connectivity index (χ2v) is 10.9. The second-order valence-electron chi connectivity index (χ2n) is 10.9. The number of carbonyl (C=O) groups is 2. The van der Waals surface area contributed by atoms with Gasteiger partial charge < -0.3 is 10.4 Å². The van der Waals surface area contributed by atoms with Crippen molar-refractivity contribution in [3.05, 3.63) is 46.5 Å². The fourth-order valence-corrected chi connectivity index (χ4v) is 5.96. The first-order valence-corrected chi connectivity index (χ1v) is 12.9. The zero-order valence-electron chi connectivity index (χ0n) is 20.5. The predicted octanol–water partition coefficient (Wildman–Crippen LogP) is 6.91. The summed E-state index contributed by atoms with van der Waals surface area (Å²) >= 11 is 0. The first kappa shape index (κ1) is 23.8. The number of carboxylic acids is 1. The van der Waals surface area contributed by atoms with E-state index in [1.165, 1.54) is 25.7 Å². The molecule has 0 unspecified atom stereocenters. The van der Waals surface area contributed by atoms with E-state index in [0.717, 1.165) is 72.3 Å². The number of hydrogen-bond donors (Lipinski definition) is 2. The van der Waals surface area contributed by atoms with E-state index in [-0.39, 0.29) is 11.9 Å². The molecule has 4 nitrogen and oxygen atoms in total. The molecule has 4 rings (SSSR count). The highest BCUT2D eigenvalue weighted by Gasteiger charge is 2.24. The van der Waals surface area contributed by atoms with Crippen molar-refractivity contribution in [1.29, 1.82) is 0 Å². The molecule has 2 N–H and O–H groups in total. The molecular formula is C29H39NO3. The molecule has 2 saturated carbocycles. The smallest absolute Gasteiger partial charge is 0.336 e. The Morgan fingerprint density at radius 2 is 1.45 bits per heavy atom. The van der Waals surface area contributed by atoms with Gasteiger partial charge in [-0.1, -0.05) is 51.7 Å². The SMILES string of the molecule is Cc1ccc(C(=O)O)c2c(CCC3CCC(C)CC3)ccc(C(=O)NC3CCC(C)CC3)c12. The maximum absolute atomic E-state index is 13.3. The minimum absolute atomic E-state index is 0.0713. The van der Waals surface area contributed by atoms with Crippen LogP contribution in [0, 0.1) is 24.7 Å². The molecule has 1 amide bonds. The fourth-order valence-electron chi connectivity index (χ4n) is 5.96. The topological polar surface area (TPSA) is 66.4 Å². The van der Waals surface area contributed by atoms with Crippen molar-refractivity contribution in [2.45, 2.75) is 91.0 Å². The number of aromatic carboxylic acids is 1. The highest BCUT2D eigenvalue weighted by molar-refractivity contribution is 6.14. The molecule has 2 aromatic rings. The monoisotopic (exact) mass is 449 g/mol. The minimum Gasteiger partial charge on any atom is -0.478 e. The molecule has 0 aromatic heterocycles. The van der Waals surface area contributed by atoms with Gasteiger partial charge in [0.05, 0.1) is 5.56 Å². The number of amides is 1. The largest absolute Gasteiger partial charge is 0.478 e. The lowest BCUT2D eigenvalue weighted by molar-refractivity contribution is 0.0698. The summed E-state index contributed by atoms with van der Waals surface area (Å²) in [6.07, 6.45) is 11.4. The van der Waals surface area contributed by atoms with Crippen molar-refractivity contribution in [2.75, 3.05) is 0 Å². The van der Waals surface area contributed by atoms with E-state index in [4.69, 9.17) is 0 Å². The van der Waals surface area contributed by atoms with Gasteiger partial charge in [-0.15, -0.1) is 0 Å². The van der Waals surface area contributed by atoms with Crippen LogP contribution in [0.3, 0.4) is 0 Å². The Labute approximate surface area is 198 Å². The summed E-state index contributed by atoms with van der Waals surface area (Å²) in [5.41, 5.74) is 2.95. The highest BCUT2D eigenvalue weighted by atomic mass is 16.4. The van der Waals surface area contributed by atoms with Gasteiger partial charge in [0.2, 0.25) is 0 Å². The van der Waals surface area contributed by atoms with Crippen LogP contribution in [0.5, 0.6) is 0 Å². The normalized spacial score (nSPS) is 25.7. The number of rotatable bonds is 6. The lowest BCUT2D eigenvalue weighted by atomic mass is 9.79. The Balaban J connectivity index is 1.64. The Kier molecular flexibility index (Phi) is 7.41. The third kappa shape index (κ3) is 5.42. The third-order valence-corrected chi connectivity index (χ3v) is 8.24. The Morgan fingerprint density at radius 1 is 0.848 bits per heavy atom. The van der Waals surface area contributed by atoms with E-state index in [1.54, 1.807) is 6.07 Å². The molecule has 33 heavy (non-hydrogen) atoms. The summed E-state index contributed by atoms with van der Waals surface area (Å²) < 4.78 is 0. The zero-order chi connectivity index (χ0) is 23.5. The summed E-state index contributed by atoms with van der Waals surface area (Å²) in [6.45, 7) is 6.59. The van der Waals surface area contributed by atoms with E-state index < -0.39 is 5.97 Å². The fraction of sp³-hybridized carbons (Fsp3) is 0.586. The molecule has 2 fully saturated rings. The lowest BCUT2D eigenvalue weighted by Gasteiger charge is -2.27. The maximum Gasteiger partial charge on any atom is 0.336 e. The molecule has 0 radical (unpaired) electrons. The molecule has 0 atom stereocenters.